The number of nitrogens with zero attached hydrogens (tertiary/aromatic N) is 3. The molecule has 0 fully saturated rings. The fraction of sp³-hybridized carbons (Fsp3) is 0.150. The molecule has 4 aromatic rings. The second-order valence-corrected chi connectivity index (χ2v) is 6.22. The maximum absolute atomic E-state index is 12.7. The summed E-state index contributed by atoms with van der Waals surface area (Å²) >= 11 is 0. The van der Waals surface area contributed by atoms with Gasteiger partial charge in [0.05, 0.1) is 17.1 Å². The van der Waals surface area contributed by atoms with Crippen molar-refractivity contribution >= 4 is 16.9 Å². The molecule has 1 atom stereocenters. The number of para-hydroxylation sites is 2. The van der Waals surface area contributed by atoms with Gasteiger partial charge in [-0.2, -0.15) is 0 Å². The van der Waals surface area contributed by atoms with Gasteiger partial charge >= 0.3 is 0 Å². The van der Waals surface area contributed by atoms with Crippen molar-refractivity contribution in [1.29, 1.82) is 0 Å². The number of H-pyrrole nitrogens is 1. The molecule has 6 heteroatoms. The Morgan fingerprint density at radius 3 is 2.88 bits per heavy atom. The molecule has 3 aromatic heterocycles. The minimum absolute atomic E-state index is 0.133. The van der Waals surface area contributed by atoms with Gasteiger partial charge in [-0.3, -0.25) is 9.78 Å². The predicted molar refractivity (Wildman–Crippen MR) is 99.7 cm³/mol. The highest BCUT2D eigenvalue weighted by atomic mass is 16.2. The summed E-state index contributed by atoms with van der Waals surface area (Å²) < 4.78 is 1.91. The average molecular weight is 345 g/mol. The lowest BCUT2D eigenvalue weighted by molar-refractivity contribution is 0.0929. The standard InChI is InChI=1S/C20H19N5O/c1-14(19-23-16-7-2-3-8-17(16)24-19)22-20(26)18-9-5-11-25(18)13-15-6-4-10-21-12-15/h2-12,14H,13H2,1H3,(H,22,26)(H,23,24)/t14-/m1/s1. The van der Waals surface area contributed by atoms with Crippen LogP contribution in [0.4, 0.5) is 0 Å². The third-order valence-corrected chi connectivity index (χ3v) is 4.30. The van der Waals surface area contributed by atoms with E-state index in [1.54, 1.807) is 12.4 Å². The van der Waals surface area contributed by atoms with Crippen LogP contribution in [-0.4, -0.2) is 25.4 Å². The normalized spacial score (nSPS) is 12.2. The van der Waals surface area contributed by atoms with Gasteiger partial charge in [-0.25, -0.2) is 4.98 Å². The first-order valence-electron chi connectivity index (χ1n) is 8.50. The van der Waals surface area contributed by atoms with Crippen LogP contribution in [0.5, 0.6) is 0 Å². The van der Waals surface area contributed by atoms with Crippen LogP contribution in [0.15, 0.2) is 67.1 Å². The number of benzene rings is 1. The third kappa shape index (κ3) is 3.21. The largest absolute Gasteiger partial charge is 0.341 e. The number of aromatic nitrogens is 4. The zero-order chi connectivity index (χ0) is 17.9. The number of fused-ring (bicyclic) bond motifs is 1. The number of rotatable bonds is 5. The van der Waals surface area contributed by atoms with Gasteiger partial charge < -0.3 is 14.9 Å². The van der Waals surface area contributed by atoms with Gasteiger partial charge in [0.25, 0.3) is 5.91 Å². The van der Waals surface area contributed by atoms with E-state index in [4.69, 9.17) is 0 Å². The molecule has 0 radical (unpaired) electrons. The van der Waals surface area contributed by atoms with E-state index in [9.17, 15) is 4.79 Å². The summed E-state index contributed by atoms with van der Waals surface area (Å²) in [5.74, 6) is 0.608. The summed E-state index contributed by atoms with van der Waals surface area (Å²) in [7, 11) is 0. The molecule has 4 rings (SSSR count). The lowest BCUT2D eigenvalue weighted by atomic mass is 10.2. The Labute approximate surface area is 150 Å². The van der Waals surface area contributed by atoms with E-state index in [1.807, 2.05) is 66.2 Å². The molecule has 0 bridgehead atoms. The lowest BCUT2D eigenvalue weighted by Crippen LogP contribution is -2.29. The monoisotopic (exact) mass is 345 g/mol. The molecule has 0 saturated carbocycles. The smallest absolute Gasteiger partial charge is 0.268 e. The van der Waals surface area contributed by atoms with Crippen molar-refractivity contribution in [3.8, 4) is 0 Å². The van der Waals surface area contributed by atoms with Crippen molar-refractivity contribution < 1.29 is 4.79 Å². The average Bonchev–Trinajstić information content (AvgIpc) is 3.29. The first-order valence-corrected chi connectivity index (χ1v) is 8.50. The molecule has 1 amide bonds. The minimum Gasteiger partial charge on any atom is -0.341 e. The van der Waals surface area contributed by atoms with Gasteiger partial charge in [-0.15, -0.1) is 0 Å². The number of imidazole rings is 1. The number of hydrogen-bond acceptors (Lipinski definition) is 3. The number of aromatic amines is 1. The molecule has 6 nitrogen and oxygen atoms in total. The van der Waals surface area contributed by atoms with Gasteiger partial charge in [-0.05, 0) is 42.8 Å². The fourth-order valence-electron chi connectivity index (χ4n) is 2.96. The lowest BCUT2D eigenvalue weighted by Gasteiger charge is -2.13. The van der Waals surface area contributed by atoms with Gasteiger partial charge in [0.2, 0.25) is 0 Å². The van der Waals surface area contributed by atoms with Crippen molar-refractivity contribution in [3.63, 3.8) is 0 Å². The van der Waals surface area contributed by atoms with Crippen LogP contribution in [0.2, 0.25) is 0 Å². The molecule has 0 aliphatic carbocycles. The van der Waals surface area contributed by atoms with E-state index < -0.39 is 0 Å². The second kappa shape index (κ2) is 6.84. The minimum atomic E-state index is -0.225. The van der Waals surface area contributed by atoms with Crippen LogP contribution in [0, 0.1) is 0 Å². The Balaban J connectivity index is 1.50. The second-order valence-electron chi connectivity index (χ2n) is 6.22. The highest BCUT2D eigenvalue weighted by Crippen LogP contribution is 2.16. The molecule has 0 saturated heterocycles. The highest BCUT2D eigenvalue weighted by Gasteiger charge is 2.17. The molecule has 0 aliphatic heterocycles. The number of nitrogens with one attached hydrogen (secondary N) is 2. The van der Waals surface area contributed by atoms with Crippen LogP contribution < -0.4 is 5.32 Å². The van der Waals surface area contributed by atoms with Crippen LogP contribution in [0.25, 0.3) is 11.0 Å². The van der Waals surface area contributed by atoms with E-state index in [0.29, 0.717) is 12.2 Å². The number of amides is 1. The third-order valence-electron chi connectivity index (χ3n) is 4.30. The quantitative estimate of drug-likeness (QED) is 0.583. The fourth-order valence-corrected chi connectivity index (χ4v) is 2.96. The van der Waals surface area contributed by atoms with Crippen LogP contribution in [0.3, 0.4) is 0 Å². The van der Waals surface area contributed by atoms with Crippen LogP contribution >= 0.6 is 0 Å². The van der Waals surface area contributed by atoms with Crippen LogP contribution in [-0.2, 0) is 6.54 Å². The Morgan fingerprint density at radius 2 is 2.08 bits per heavy atom. The molecular weight excluding hydrogens is 326 g/mol. The zero-order valence-corrected chi connectivity index (χ0v) is 14.4. The summed E-state index contributed by atoms with van der Waals surface area (Å²) in [6.45, 7) is 2.52. The molecule has 26 heavy (non-hydrogen) atoms. The molecule has 1 aromatic carbocycles. The molecule has 0 aliphatic rings. The van der Waals surface area contributed by atoms with E-state index >= 15 is 0 Å². The first kappa shape index (κ1) is 16.1. The summed E-state index contributed by atoms with van der Waals surface area (Å²) in [5.41, 5.74) is 3.51. The Hall–Kier alpha value is -3.41. The first-order chi connectivity index (χ1) is 12.7. The SMILES string of the molecule is C[C@@H](NC(=O)c1cccn1Cc1cccnc1)c1nc2ccccc2[nH]1. The number of carbonyl (C=O) groups is 1. The summed E-state index contributed by atoms with van der Waals surface area (Å²) in [6.07, 6.45) is 5.44. The molecule has 0 unspecified atom stereocenters. The Kier molecular flexibility index (Phi) is 4.23. The molecule has 0 spiro atoms. The van der Waals surface area contributed by atoms with E-state index in [1.165, 1.54) is 0 Å². The summed E-state index contributed by atoms with van der Waals surface area (Å²) in [6, 6.07) is 15.2. The summed E-state index contributed by atoms with van der Waals surface area (Å²) in [4.78, 5) is 24.7. The van der Waals surface area contributed by atoms with Gasteiger partial charge in [-0.1, -0.05) is 18.2 Å². The predicted octanol–water partition coefficient (Wildman–Crippen LogP) is 3.30. The highest BCUT2D eigenvalue weighted by molar-refractivity contribution is 5.93. The molecule has 2 N–H and O–H groups in total. The van der Waals surface area contributed by atoms with E-state index in [2.05, 4.69) is 20.3 Å². The van der Waals surface area contributed by atoms with Crippen molar-refractivity contribution in [2.75, 3.05) is 0 Å². The van der Waals surface area contributed by atoms with E-state index in [0.717, 1.165) is 22.4 Å². The van der Waals surface area contributed by atoms with Crippen molar-refractivity contribution in [2.45, 2.75) is 19.5 Å². The topological polar surface area (TPSA) is 75.6 Å². The maximum Gasteiger partial charge on any atom is 0.268 e. The number of pyridine rings is 1. The van der Waals surface area contributed by atoms with Crippen molar-refractivity contribution in [3.05, 3.63) is 84.2 Å². The van der Waals surface area contributed by atoms with Gasteiger partial charge in [0, 0.05) is 25.1 Å². The maximum atomic E-state index is 12.7. The van der Waals surface area contributed by atoms with Gasteiger partial charge in [0.1, 0.15) is 11.5 Å². The number of carbonyl (C=O) groups excluding carboxylic acids is 1. The van der Waals surface area contributed by atoms with Crippen molar-refractivity contribution in [1.82, 2.24) is 24.8 Å². The summed E-state index contributed by atoms with van der Waals surface area (Å²) in [5, 5.41) is 3.02. The number of hydrogen-bond donors (Lipinski definition) is 2. The Morgan fingerprint density at radius 1 is 1.19 bits per heavy atom. The van der Waals surface area contributed by atoms with Crippen molar-refractivity contribution in [2.24, 2.45) is 0 Å². The molecule has 3 heterocycles. The van der Waals surface area contributed by atoms with Gasteiger partial charge in [0.15, 0.2) is 0 Å². The van der Waals surface area contributed by atoms with Crippen LogP contribution in [0.1, 0.15) is 34.8 Å². The molecule has 130 valence electrons. The zero-order valence-electron chi connectivity index (χ0n) is 14.4. The molecular formula is C20H19N5O. The van der Waals surface area contributed by atoms with E-state index in [-0.39, 0.29) is 11.9 Å². The Bertz CT molecular complexity index is 1000.